The summed E-state index contributed by atoms with van der Waals surface area (Å²) >= 11 is 0. The van der Waals surface area contributed by atoms with Crippen LogP contribution in [-0.2, 0) is 14.8 Å². The van der Waals surface area contributed by atoms with Gasteiger partial charge in [-0.1, -0.05) is 56.3 Å². The second-order valence-electron chi connectivity index (χ2n) is 9.60. The number of benzene rings is 1. The molecule has 6 heteroatoms. The lowest BCUT2D eigenvalue weighted by Gasteiger charge is -2.63. The molecular weight excluding hydrogens is 410 g/mol. The SMILES string of the molecule is CN(C1CC2CC(C1CC=CCCCC(=O)O)C2(C)C)S(=O)(=O)C=Cc1ccccc1. The van der Waals surface area contributed by atoms with Gasteiger partial charge >= 0.3 is 5.97 Å². The summed E-state index contributed by atoms with van der Waals surface area (Å²) in [6.45, 7) is 4.63. The minimum atomic E-state index is -3.52. The third-order valence-electron chi connectivity index (χ3n) is 7.52. The molecule has 1 N–H and O–H groups in total. The van der Waals surface area contributed by atoms with E-state index in [-0.39, 0.29) is 23.8 Å². The molecule has 0 aromatic heterocycles. The Bertz CT molecular complexity index is 920. The number of hydrogen-bond acceptors (Lipinski definition) is 3. The van der Waals surface area contributed by atoms with Crippen LogP contribution in [0.4, 0.5) is 0 Å². The molecule has 0 spiro atoms. The molecule has 5 nitrogen and oxygen atoms in total. The van der Waals surface area contributed by atoms with Gasteiger partial charge in [-0.3, -0.25) is 4.79 Å². The summed E-state index contributed by atoms with van der Waals surface area (Å²) in [4.78, 5) is 10.7. The Morgan fingerprint density at radius 2 is 1.90 bits per heavy atom. The number of unbranched alkanes of at least 4 members (excludes halogenated alkanes) is 1. The molecule has 4 atom stereocenters. The Balaban J connectivity index is 1.70. The van der Waals surface area contributed by atoms with E-state index >= 15 is 0 Å². The van der Waals surface area contributed by atoms with Gasteiger partial charge in [-0.15, -0.1) is 0 Å². The fraction of sp³-hybridized carbons (Fsp3) is 0.560. The van der Waals surface area contributed by atoms with Crippen molar-refractivity contribution in [2.24, 2.45) is 23.2 Å². The molecule has 4 rings (SSSR count). The van der Waals surface area contributed by atoms with E-state index in [4.69, 9.17) is 5.11 Å². The Hall–Kier alpha value is -1.92. The first-order valence-corrected chi connectivity index (χ1v) is 12.7. The number of carboxylic acid groups (broad SMARTS) is 1. The average molecular weight is 446 g/mol. The highest BCUT2D eigenvalue weighted by Crippen LogP contribution is 2.63. The van der Waals surface area contributed by atoms with Crippen LogP contribution in [0.15, 0.2) is 47.9 Å². The van der Waals surface area contributed by atoms with E-state index in [1.54, 1.807) is 17.4 Å². The van der Waals surface area contributed by atoms with Gasteiger partial charge in [-0.05, 0) is 66.9 Å². The molecule has 3 aliphatic rings. The minimum Gasteiger partial charge on any atom is -0.481 e. The van der Waals surface area contributed by atoms with Crippen LogP contribution < -0.4 is 0 Å². The first-order chi connectivity index (χ1) is 14.6. The lowest BCUT2D eigenvalue weighted by molar-refractivity contribution is -0.137. The standard InChI is InChI=1S/C25H35NO4S/c1-25(2)20-17-22(25)21(13-9-4-5-10-14-24(27)28)23(18-20)26(3)31(29,30)16-15-19-11-7-6-8-12-19/h4,6-9,11-12,15-16,20-23H,5,10,13-14,17-18H2,1-3H3,(H,27,28). The summed E-state index contributed by atoms with van der Waals surface area (Å²) in [6.07, 6.45) is 10.3. The second kappa shape index (κ2) is 9.70. The normalized spacial score (nSPS) is 27.6. The van der Waals surface area contributed by atoms with E-state index in [0.29, 0.717) is 18.3 Å². The zero-order chi connectivity index (χ0) is 22.6. The van der Waals surface area contributed by atoms with Crippen molar-refractivity contribution in [2.45, 2.75) is 58.4 Å². The van der Waals surface area contributed by atoms with Gasteiger partial charge in [0.05, 0.1) is 0 Å². The molecule has 0 heterocycles. The van der Waals surface area contributed by atoms with Gasteiger partial charge in [-0.2, -0.15) is 4.31 Å². The highest BCUT2D eigenvalue weighted by molar-refractivity contribution is 7.92. The summed E-state index contributed by atoms with van der Waals surface area (Å²) in [5, 5.41) is 10.1. The average Bonchev–Trinajstić information content (AvgIpc) is 2.74. The maximum Gasteiger partial charge on any atom is 0.303 e. The topological polar surface area (TPSA) is 74.7 Å². The van der Waals surface area contributed by atoms with Crippen LogP contribution in [0.3, 0.4) is 0 Å². The molecule has 0 saturated heterocycles. The molecule has 2 bridgehead atoms. The molecule has 4 unspecified atom stereocenters. The Kier molecular flexibility index (Phi) is 7.43. The summed E-state index contributed by atoms with van der Waals surface area (Å²) in [6, 6.07) is 9.47. The van der Waals surface area contributed by atoms with Crippen molar-refractivity contribution in [3.8, 4) is 0 Å². The number of sulfonamides is 1. The minimum absolute atomic E-state index is 0.00846. The molecule has 0 radical (unpaired) electrons. The second-order valence-corrected chi connectivity index (χ2v) is 11.5. The van der Waals surface area contributed by atoms with Crippen LogP contribution in [0.25, 0.3) is 6.08 Å². The molecular formula is C25H35NO4S. The Morgan fingerprint density at radius 3 is 2.55 bits per heavy atom. The van der Waals surface area contributed by atoms with Crippen LogP contribution in [0.1, 0.15) is 57.9 Å². The Morgan fingerprint density at radius 1 is 1.19 bits per heavy atom. The zero-order valence-electron chi connectivity index (χ0n) is 18.8. The first-order valence-electron chi connectivity index (χ1n) is 11.2. The maximum absolute atomic E-state index is 13.1. The quantitative estimate of drug-likeness (QED) is 0.398. The van der Waals surface area contributed by atoms with Crippen molar-refractivity contribution in [3.63, 3.8) is 0 Å². The number of aliphatic carboxylic acids is 1. The molecule has 3 aliphatic carbocycles. The number of carboxylic acids is 1. The molecule has 0 aliphatic heterocycles. The molecule has 3 fully saturated rings. The zero-order valence-corrected chi connectivity index (χ0v) is 19.6. The van der Waals surface area contributed by atoms with Gasteiger partial charge in [0.1, 0.15) is 0 Å². The monoisotopic (exact) mass is 445 g/mol. The van der Waals surface area contributed by atoms with E-state index in [2.05, 4.69) is 26.0 Å². The van der Waals surface area contributed by atoms with Crippen LogP contribution >= 0.6 is 0 Å². The number of nitrogens with zero attached hydrogens (tertiary/aromatic N) is 1. The molecule has 3 saturated carbocycles. The van der Waals surface area contributed by atoms with Crippen molar-refractivity contribution < 1.29 is 18.3 Å². The molecule has 1 aromatic rings. The van der Waals surface area contributed by atoms with Gasteiger partial charge in [0.25, 0.3) is 0 Å². The van der Waals surface area contributed by atoms with Crippen molar-refractivity contribution >= 4 is 22.1 Å². The molecule has 0 amide bonds. The van der Waals surface area contributed by atoms with E-state index < -0.39 is 16.0 Å². The van der Waals surface area contributed by atoms with Crippen molar-refractivity contribution in [1.29, 1.82) is 0 Å². The summed E-state index contributed by atoms with van der Waals surface area (Å²) in [7, 11) is -1.80. The van der Waals surface area contributed by atoms with E-state index in [1.807, 2.05) is 30.3 Å². The third-order valence-corrected chi connectivity index (χ3v) is 9.07. The van der Waals surface area contributed by atoms with Crippen molar-refractivity contribution in [3.05, 3.63) is 53.5 Å². The van der Waals surface area contributed by atoms with Gasteiger partial charge in [0.2, 0.25) is 10.0 Å². The maximum atomic E-state index is 13.1. The van der Waals surface area contributed by atoms with Gasteiger partial charge in [-0.25, -0.2) is 8.42 Å². The predicted molar refractivity (Wildman–Crippen MR) is 125 cm³/mol. The lowest BCUT2D eigenvalue weighted by atomic mass is 9.44. The summed E-state index contributed by atoms with van der Waals surface area (Å²) in [5.74, 6) is 0.587. The van der Waals surface area contributed by atoms with Gasteiger partial charge in [0.15, 0.2) is 0 Å². The number of allylic oxidation sites excluding steroid dienone is 2. The van der Waals surface area contributed by atoms with Crippen molar-refractivity contribution in [2.75, 3.05) is 7.05 Å². The highest BCUT2D eigenvalue weighted by Gasteiger charge is 2.58. The van der Waals surface area contributed by atoms with E-state index in [9.17, 15) is 13.2 Å². The smallest absolute Gasteiger partial charge is 0.303 e. The van der Waals surface area contributed by atoms with Crippen LogP contribution in [0.2, 0.25) is 0 Å². The molecule has 31 heavy (non-hydrogen) atoms. The van der Waals surface area contributed by atoms with Crippen LogP contribution in [0.5, 0.6) is 0 Å². The lowest BCUT2D eigenvalue weighted by Crippen LogP contribution is -2.61. The van der Waals surface area contributed by atoms with E-state index in [1.165, 1.54) is 11.8 Å². The molecule has 1 aromatic carbocycles. The van der Waals surface area contributed by atoms with Crippen molar-refractivity contribution in [1.82, 2.24) is 4.31 Å². The van der Waals surface area contributed by atoms with Gasteiger partial charge in [0, 0.05) is 24.9 Å². The number of rotatable bonds is 10. The third kappa shape index (κ3) is 5.47. The summed E-state index contributed by atoms with van der Waals surface area (Å²) in [5.41, 5.74) is 1.12. The summed E-state index contributed by atoms with van der Waals surface area (Å²) < 4.78 is 27.7. The van der Waals surface area contributed by atoms with Crippen LogP contribution in [0, 0.1) is 23.2 Å². The fourth-order valence-electron chi connectivity index (χ4n) is 5.41. The predicted octanol–water partition coefficient (Wildman–Crippen LogP) is 5.17. The molecule has 170 valence electrons. The number of hydrogen-bond donors (Lipinski definition) is 1. The van der Waals surface area contributed by atoms with Crippen LogP contribution in [-0.4, -0.2) is 36.9 Å². The Labute approximate surface area is 186 Å². The highest BCUT2D eigenvalue weighted by atomic mass is 32.2. The first kappa shape index (κ1) is 23.7. The number of carbonyl (C=O) groups is 1. The van der Waals surface area contributed by atoms with E-state index in [0.717, 1.165) is 24.8 Å². The fourth-order valence-corrected chi connectivity index (χ4v) is 6.55. The largest absolute Gasteiger partial charge is 0.481 e. The number of fused-ring (bicyclic) bond motifs is 2. The van der Waals surface area contributed by atoms with Gasteiger partial charge < -0.3 is 5.11 Å².